The van der Waals surface area contributed by atoms with Crippen LogP contribution in [0.1, 0.15) is 6.42 Å². The molecule has 2 aromatic rings. The quantitative estimate of drug-likeness (QED) is 0.818. The first-order valence-electron chi connectivity index (χ1n) is 7.62. The molecule has 0 radical (unpaired) electrons. The van der Waals surface area contributed by atoms with E-state index in [0.717, 1.165) is 34.7 Å². The van der Waals surface area contributed by atoms with E-state index in [1.165, 1.54) is 21.3 Å². The number of benzene rings is 1. The zero-order valence-electron chi connectivity index (χ0n) is 12.8. The normalized spacial score (nSPS) is 17.8. The van der Waals surface area contributed by atoms with E-state index in [-0.39, 0.29) is 0 Å². The van der Waals surface area contributed by atoms with Crippen molar-refractivity contribution < 1.29 is 8.42 Å². The highest BCUT2D eigenvalue weighted by molar-refractivity contribution is 9.11. The van der Waals surface area contributed by atoms with Gasteiger partial charge in [-0.25, -0.2) is 12.7 Å². The zero-order chi connectivity index (χ0) is 16.7. The molecule has 0 unspecified atom stereocenters. The molecule has 0 amide bonds. The van der Waals surface area contributed by atoms with Gasteiger partial charge in [-0.1, -0.05) is 18.2 Å². The fraction of sp³-hybridized carbons (Fsp3) is 0.250. The standard InChI is InChI=1S/C16H16BrN3O2S2/c17-15-5-6-16(23-15)24(21,22)20-11-19(12-7-9-18-10-8-12)13-3-1-2-4-14(13)20/h1-7,18H,8-11H2. The van der Waals surface area contributed by atoms with Crippen molar-refractivity contribution in [2.24, 2.45) is 0 Å². The van der Waals surface area contributed by atoms with Gasteiger partial charge in [0.2, 0.25) is 0 Å². The molecule has 0 saturated carbocycles. The van der Waals surface area contributed by atoms with E-state index < -0.39 is 10.0 Å². The maximum atomic E-state index is 13.1. The maximum absolute atomic E-state index is 13.1. The summed E-state index contributed by atoms with van der Waals surface area (Å²) in [6, 6.07) is 11.1. The SMILES string of the molecule is O=S(=O)(c1ccc(Br)s1)N1CN(C2=CCNCC2)c2ccccc21. The lowest BCUT2D eigenvalue weighted by molar-refractivity contribution is 0.593. The van der Waals surface area contributed by atoms with E-state index >= 15 is 0 Å². The molecule has 2 aliphatic rings. The lowest BCUT2D eigenvalue weighted by Crippen LogP contribution is -2.36. The monoisotopic (exact) mass is 425 g/mol. The minimum Gasteiger partial charge on any atom is -0.324 e. The van der Waals surface area contributed by atoms with Crippen LogP contribution in [-0.4, -0.2) is 28.2 Å². The minimum atomic E-state index is -3.57. The van der Waals surface area contributed by atoms with Gasteiger partial charge in [0, 0.05) is 18.8 Å². The Morgan fingerprint density at radius 3 is 2.58 bits per heavy atom. The summed E-state index contributed by atoms with van der Waals surface area (Å²) in [5.74, 6) is 0. The van der Waals surface area contributed by atoms with Crippen LogP contribution < -0.4 is 14.5 Å². The Labute approximate surface area is 153 Å². The molecule has 0 bridgehead atoms. The van der Waals surface area contributed by atoms with Crippen molar-refractivity contribution in [1.82, 2.24) is 5.32 Å². The smallest absolute Gasteiger partial charge is 0.275 e. The molecule has 126 valence electrons. The summed E-state index contributed by atoms with van der Waals surface area (Å²) in [6.45, 7) is 2.05. The second-order valence-corrected chi connectivity index (χ2v) is 10.2. The lowest BCUT2D eigenvalue weighted by atomic mass is 10.2. The van der Waals surface area contributed by atoms with Crippen molar-refractivity contribution in [3.8, 4) is 0 Å². The zero-order valence-corrected chi connectivity index (χ0v) is 16.0. The van der Waals surface area contributed by atoms with Crippen LogP contribution in [0.15, 0.2) is 56.2 Å². The Kier molecular flexibility index (Phi) is 4.16. The molecular weight excluding hydrogens is 410 g/mol. The van der Waals surface area contributed by atoms with Crippen molar-refractivity contribution in [2.45, 2.75) is 10.6 Å². The Morgan fingerprint density at radius 1 is 1.12 bits per heavy atom. The van der Waals surface area contributed by atoms with E-state index in [2.05, 4.69) is 32.2 Å². The number of nitrogens with one attached hydrogen (secondary N) is 1. The molecule has 24 heavy (non-hydrogen) atoms. The number of hydrogen-bond acceptors (Lipinski definition) is 5. The van der Waals surface area contributed by atoms with Crippen molar-refractivity contribution >= 4 is 48.7 Å². The van der Waals surface area contributed by atoms with E-state index in [4.69, 9.17) is 0 Å². The summed E-state index contributed by atoms with van der Waals surface area (Å²) in [4.78, 5) is 2.11. The number of hydrogen-bond donors (Lipinski definition) is 1. The largest absolute Gasteiger partial charge is 0.324 e. The highest BCUT2D eigenvalue weighted by Gasteiger charge is 2.36. The average molecular weight is 426 g/mol. The molecule has 2 aliphatic heterocycles. The highest BCUT2D eigenvalue weighted by Crippen LogP contribution is 2.42. The fourth-order valence-corrected chi connectivity index (χ4v) is 6.58. The number of fused-ring (bicyclic) bond motifs is 1. The number of para-hydroxylation sites is 2. The molecule has 1 aromatic carbocycles. The van der Waals surface area contributed by atoms with E-state index in [0.29, 0.717) is 10.9 Å². The summed E-state index contributed by atoms with van der Waals surface area (Å²) < 4.78 is 28.9. The molecule has 0 spiro atoms. The number of nitrogens with zero attached hydrogens (tertiary/aromatic N) is 2. The van der Waals surface area contributed by atoms with Crippen LogP contribution in [0.2, 0.25) is 0 Å². The third kappa shape index (κ3) is 2.67. The summed E-state index contributed by atoms with van der Waals surface area (Å²) in [5.41, 5.74) is 2.86. The fourth-order valence-electron chi connectivity index (χ4n) is 3.04. The first-order chi connectivity index (χ1) is 11.6. The van der Waals surface area contributed by atoms with Crippen LogP contribution >= 0.6 is 27.3 Å². The molecule has 8 heteroatoms. The first-order valence-corrected chi connectivity index (χ1v) is 10.7. The van der Waals surface area contributed by atoms with E-state index in [1.54, 1.807) is 12.1 Å². The van der Waals surface area contributed by atoms with Gasteiger partial charge in [-0.3, -0.25) is 0 Å². The Hall–Kier alpha value is -1.35. The third-order valence-electron chi connectivity index (χ3n) is 4.19. The van der Waals surface area contributed by atoms with Gasteiger partial charge < -0.3 is 10.2 Å². The molecule has 1 aromatic heterocycles. The topological polar surface area (TPSA) is 52.7 Å². The molecular formula is C16H16BrN3O2S2. The molecule has 3 heterocycles. The number of halogens is 1. The maximum Gasteiger partial charge on any atom is 0.275 e. The van der Waals surface area contributed by atoms with Crippen LogP contribution in [0.5, 0.6) is 0 Å². The number of anilines is 2. The first kappa shape index (κ1) is 16.1. The predicted octanol–water partition coefficient (Wildman–Crippen LogP) is 3.36. The van der Waals surface area contributed by atoms with Gasteiger partial charge >= 0.3 is 0 Å². The Balaban J connectivity index is 1.77. The second kappa shape index (κ2) is 6.18. The summed E-state index contributed by atoms with van der Waals surface area (Å²) in [7, 11) is -3.57. The van der Waals surface area contributed by atoms with Crippen LogP contribution in [0.25, 0.3) is 0 Å². The number of thiophene rings is 1. The van der Waals surface area contributed by atoms with Gasteiger partial charge in [-0.05, 0) is 46.6 Å². The van der Waals surface area contributed by atoms with Gasteiger partial charge in [-0.15, -0.1) is 11.3 Å². The van der Waals surface area contributed by atoms with Gasteiger partial charge in [-0.2, -0.15) is 0 Å². The molecule has 0 fully saturated rings. The number of sulfonamides is 1. The molecule has 5 nitrogen and oxygen atoms in total. The predicted molar refractivity (Wildman–Crippen MR) is 101 cm³/mol. The summed E-state index contributed by atoms with van der Waals surface area (Å²) in [6.07, 6.45) is 3.03. The Bertz CT molecular complexity index is 908. The lowest BCUT2D eigenvalue weighted by Gasteiger charge is -2.26. The second-order valence-electron chi connectivity index (χ2n) is 5.62. The summed E-state index contributed by atoms with van der Waals surface area (Å²) >= 11 is 4.59. The van der Waals surface area contributed by atoms with Crippen molar-refractivity contribution in [2.75, 3.05) is 29.0 Å². The molecule has 4 rings (SSSR count). The number of rotatable bonds is 3. The minimum absolute atomic E-state index is 0.322. The molecule has 1 N–H and O–H groups in total. The van der Waals surface area contributed by atoms with Crippen LogP contribution in [-0.2, 0) is 10.0 Å². The van der Waals surface area contributed by atoms with Crippen LogP contribution in [0.3, 0.4) is 0 Å². The van der Waals surface area contributed by atoms with Gasteiger partial charge in [0.25, 0.3) is 10.0 Å². The molecule has 0 atom stereocenters. The van der Waals surface area contributed by atoms with Gasteiger partial charge in [0.15, 0.2) is 0 Å². The van der Waals surface area contributed by atoms with E-state index in [9.17, 15) is 8.42 Å². The molecule has 0 aliphatic carbocycles. The van der Waals surface area contributed by atoms with Crippen molar-refractivity contribution in [1.29, 1.82) is 0 Å². The van der Waals surface area contributed by atoms with Crippen LogP contribution in [0, 0.1) is 0 Å². The highest BCUT2D eigenvalue weighted by atomic mass is 79.9. The van der Waals surface area contributed by atoms with E-state index in [1.807, 2.05) is 24.3 Å². The summed E-state index contributed by atoms with van der Waals surface area (Å²) in [5, 5.41) is 3.29. The average Bonchev–Trinajstić information content (AvgIpc) is 3.20. The molecule has 0 saturated heterocycles. The third-order valence-corrected chi connectivity index (χ3v) is 8.03. The van der Waals surface area contributed by atoms with Crippen LogP contribution in [0.4, 0.5) is 11.4 Å². The van der Waals surface area contributed by atoms with Crippen molar-refractivity contribution in [3.05, 3.63) is 52.0 Å². The van der Waals surface area contributed by atoms with Gasteiger partial charge in [0.05, 0.1) is 15.2 Å². The van der Waals surface area contributed by atoms with Crippen molar-refractivity contribution in [3.63, 3.8) is 0 Å². The van der Waals surface area contributed by atoms with Gasteiger partial charge in [0.1, 0.15) is 10.9 Å². The Morgan fingerprint density at radius 2 is 1.92 bits per heavy atom.